The van der Waals surface area contributed by atoms with Gasteiger partial charge in [0.05, 0.1) is 14.2 Å². The monoisotopic (exact) mass is 340 g/mol. The zero-order valence-corrected chi connectivity index (χ0v) is 14.3. The van der Waals surface area contributed by atoms with Crippen molar-refractivity contribution < 1.29 is 18.7 Å². The van der Waals surface area contributed by atoms with Gasteiger partial charge in [0, 0.05) is 7.92 Å². The number of carbonyl (C=O) groups is 1. The van der Waals surface area contributed by atoms with Gasteiger partial charge in [0.2, 0.25) is 5.52 Å². The first-order valence-electron chi connectivity index (χ1n) is 7.40. The van der Waals surface area contributed by atoms with Crippen LogP contribution in [-0.4, -0.2) is 19.7 Å². The fourth-order valence-electron chi connectivity index (χ4n) is 2.47. The second kappa shape index (κ2) is 7.33. The smallest absolute Gasteiger partial charge is 0.299 e. The first-order valence-corrected chi connectivity index (χ1v) is 8.74. The summed E-state index contributed by atoms with van der Waals surface area (Å²) in [5, 5.41) is 1.93. The molecule has 0 radical (unpaired) electrons. The predicted octanol–water partition coefficient (Wildman–Crippen LogP) is 3.57. The van der Waals surface area contributed by atoms with Crippen molar-refractivity contribution in [2.45, 2.75) is 0 Å². The van der Waals surface area contributed by atoms with Crippen molar-refractivity contribution in [1.82, 2.24) is 0 Å². The molecular formula is C19H17O4P. The van der Waals surface area contributed by atoms with E-state index in [2.05, 4.69) is 0 Å². The summed E-state index contributed by atoms with van der Waals surface area (Å²) < 4.78 is 15.8. The van der Waals surface area contributed by atoms with E-state index in [9.17, 15) is 4.79 Å². The lowest BCUT2D eigenvalue weighted by atomic mass is 10.3. The van der Waals surface area contributed by atoms with E-state index in [0.29, 0.717) is 11.3 Å². The maximum atomic E-state index is 13.4. The Balaban J connectivity index is 2.13. The molecule has 0 aliphatic heterocycles. The van der Waals surface area contributed by atoms with Crippen LogP contribution in [0.3, 0.4) is 0 Å². The van der Waals surface area contributed by atoms with Crippen LogP contribution >= 0.6 is 7.92 Å². The fraction of sp³-hybridized carbons (Fsp3) is 0.105. The molecule has 3 rings (SSSR count). The van der Waals surface area contributed by atoms with Gasteiger partial charge in [0.1, 0.15) is 11.8 Å². The lowest BCUT2D eigenvalue weighted by Gasteiger charge is -2.17. The third-order valence-electron chi connectivity index (χ3n) is 3.57. The Bertz CT molecular complexity index is 751. The highest BCUT2D eigenvalue weighted by atomic mass is 31.1. The number of carbonyl (C=O) groups excluding carboxylic acids is 1. The Morgan fingerprint density at radius 1 is 0.875 bits per heavy atom. The van der Waals surface area contributed by atoms with Gasteiger partial charge in [-0.1, -0.05) is 60.7 Å². The summed E-state index contributed by atoms with van der Waals surface area (Å²) in [5.41, 5.74) is 0.281. The van der Waals surface area contributed by atoms with E-state index in [-0.39, 0.29) is 11.5 Å². The van der Waals surface area contributed by atoms with E-state index >= 15 is 0 Å². The Hall–Kier alpha value is -2.58. The molecule has 5 heteroatoms. The molecule has 2 aromatic carbocycles. The molecule has 0 N–H and O–H groups in total. The zero-order chi connectivity index (χ0) is 16.9. The third kappa shape index (κ3) is 3.06. The highest BCUT2D eigenvalue weighted by Gasteiger charge is 2.31. The molecule has 1 aromatic heterocycles. The summed E-state index contributed by atoms with van der Waals surface area (Å²) in [4.78, 5) is 13.4. The van der Waals surface area contributed by atoms with E-state index in [4.69, 9.17) is 13.9 Å². The summed E-state index contributed by atoms with van der Waals surface area (Å²) in [6, 6.07) is 19.5. The molecule has 1 heterocycles. The van der Waals surface area contributed by atoms with Gasteiger partial charge in [0.15, 0.2) is 5.75 Å². The average Bonchev–Trinajstić information content (AvgIpc) is 3.07. The van der Waals surface area contributed by atoms with E-state index in [1.54, 1.807) is 0 Å². The molecule has 0 spiro atoms. The molecule has 0 atom stereocenters. The largest absolute Gasteiger partial charge is 0.492 e. The minimum absolute atomic E-state index is 0.0650. The SMILES string of the molecule is COc1coc(OC)c1C(=O)P(c1ccccc1)c1ccccc1. The number of ether oxygens (including phenoxy) is 2. The van der Waals surface area contributed by atoms with Crippen molar-refractivity contribution in [3.8, 4) is 11.7 Å². The van der Waals surface area contributed by atoms with Crippen molar-refractivity contribution in [1.29, 1.82) is 0 Å². The summed E-state index contributed by atoms with van der Waals surface area (Å²) in [5.74, 6) is 0.562. The topological polar surface area (TPSA) is 48.7 Å². The Labute approximate surface area is 141 Å². The van der Waals surface area contributed by atoms with Crippen molar-refractivity contribution >= 4 is 24.1 Å². The van der Waals surface area contributed by atoms with Crippen LogP contribution in [0, 0.1) is 0 Å². The Kier molecular flexibility index (Phi) is 4.97. The molecule has 0 fully saturated rings. The van der Waals surface area contributed by atoms with Gasteiger partial charge < -0.3 is 13.9 Å². The second-order valence-electron chi connectivity index (χ2n) is 4.98. The molecule has 0 unspecified atom stereocenters. The van der Waals surface area contributed by atoms with Crippen molar-refractivity contribution in [3.63, 3.8) is 0 Å². The second-order valence-corrected chi connectivity index (χ2v) is 7.09. The average molecular weight is 340 g/mol. The van der Waals surface area contributed by atoms with Crippen LogP contribution < -0.4 is 20.1 Å². The minimum Gasteiger partial charge on any atom is -0.492 e. The van der Waals surface area contributed by atoms with E-state index in [1.807, 2.05) is 60.7 Å². The number of benzene rings is 2. The lowest BCUT2D eigenvalue weighted by molar-refractivity contribution is 0.107. The summed E-state index contributed by atoms with van der Waals surface area (Å²) in [6.07, 6.45) is 1.40. The van der Waals surface area contributed by atoms with Crippen LogP contribution in [0.25, 0.3) is 0 Å². The van der Waals surface area contributed by atoms with Crippen molar-refractivity contribution in [2.75, 3.05) is 14.2 Å². The van der Waals surface area contributed by atoms with Crippen LogP contribution in [0.2, 0.25) is 0 Å². The first kappa shape index (κ1) is 16.3. The van der Waals surface area contributed by atoms with Crippen molar-refractivity contribution in [2.24, 2.45) is 0 Å². The van der Waals surface area contributed by atoms with E-state index in [1.165, 1.54) is 20.5 Å². The highest BCUT2D eigenvalue weighted by molar-refractivity contribution is 7.88. The van der Waals surface area contributed by atoms with E-state index in [0.717, 1.165) is 10.6 Å². The Morgan fingerprint density at radius 2 is 1.42 bits per heavy atom. The van der Waals surface area contributed by atoms with Gasteiger partial charge in [-0.2, -0.15) is 0 Å². The molecule has 0 saturated carbocycles. The van der Waals surface area contributed by atoms with Crippen LogP contribution in [0.15, 0.2) is 71.3 Å². The molecule has 4 nitrogen and oxygen atoms in total. The molecule has 0 amide bonds. The highest BCUT2D eigenvalue weighted by Crippen LogP contribution is 2.44. The van der Waals surface area contributed by atoms with E-state index < -0.39 is 7.92 Å². The summed E-state index contributed by atoms with van der Waals surface area (Å²) in [7, 11) is 1.72. The van der Waals surface area contributed by atoms with Gasteiger partial charge in [-0.15, -0.1) is 0 Å². The predicted molar refractivity (Wildman–Crippen MR) is 95.2 cm³/mol. The van der Waals surface area contributed by atoms with Crippen molar-refractivity contribution in [3.05, 3.63) is 72.5 Å². The number of hydrogen-bond donors (Lipinski definition) is 0. The van der Waals surface area contributed by atoms with Crippen LogP contribution in [0.1, 0.15) is 10.4 Å². The first-order chi connectivity index (χ1) is 11.8. The van der Waals surface area contributed by atoms with Crippen LogP contribution in [0.4, 0.5) is 0 Å². The van der Waals surface area contributed by atoms with Gasteiger partial charge in [-0.05, 0) is 10.6 Å². The quantitative estimate of drug-likeness (QED) is 0.644. The molecule has 24 heavy (non-hydrogen) atoms. The maximum Gasteiger partial charge on any atom is 0.299 e. The normalized spacial score (nSPS) is 10.6. The molecule has 0 aliphatic carbocycles. The molecule has 0 bridgehead atoms. The molecule has 3 aromatic rings. The summed E-state index contributed by atoms with van der Waals surface area (Å²) >= 11 is 0. The number of methoxy groups -OCH3 is 2. The molecule has 0 aliphatic rings. The number of furan rings is 1. The van der Waals surface area contributed by atoms with Gasteiger partial charge in [-0.25, -0.2) is 0 Å². The standard InChI is InChI=1S/C19H17O4P/c1-21-16-13-23-19(22-2)17(16)18(20)24(14-9-5-3-6-10-14)15-11-7-4-8-12-15/h3-13H,1-2H3. The van der Waals surface area contributed by atoms with Gasteiger partial charge in [-0.3, -0.25) is 4.79 Å². The minimum atomic E-state index is -1.27. The van der Waals surface area contributed by atoms with Gasteiger partial charge >= 0.3 is 0 Å². The summed E-state index contributed by atoms with van der Waals surface area (Å²) in [6.45, 7) is 0. The zero-order valence-electron chi connectivity index (χ0n) is 13.4. The lowest BCUT2D eigenvalue weighted by Crippen LogP contribution is -2.18. The van der Waals surface area contributed by atoms with Crippen LogP contribution in [0.5, 0.6) is 11.7 Å². The van der Waals surface area contributed by atoms with Crippen LogP contribution in [-0.2, 0) is 0 Å². The third-order valence-corrected chi connectivity index (χ3v) is 5.83. The molecule has 122 valence electrons. The fourth-order valence-corrected chi connectivity index (χ4v) is 4.60. The van der Waals surface area contributed by atoms with Gasteiger partial charge in [0.25, 0.3) is 5.95 Å². The maximum absolute atomic E-state index is 13.4. The molecular weight excluding hydrogens is 323 g/mol. The molecule has 0 saturated heterocycles. The number of rotatable bonds is 6. The Morgan fingerprint density at radius 3 is 1.88 bits per heavy atom. The number of hydrogen-bond acceptors (Lipinski definition) is 4.